The zero-order chi connectivity index (χ0) is 13.2. The summed E-state index contributed by atoms with van der Waals surface area (Å²) in [5, 5.41) is 11.1. The van der Waals surface area contributed by atoms with Gasteiger partial charge < -0.3 is 10.1 Å². The summed E-state index contributed by atoms with van der Waals surface area (Å²) in [6.45, 7) is 3.96. The first kappa shape index (κ1) is 12.2. The van der Waals surface area contributed by atoms with Gasteiger partial charge in [0.05, 0.1) is 6.07 Å². The third-order valence-corrected chi connectivity index (χ3v) is 2.57. The van der Waals surface area contributed by atoms with E-state index in [1.54, 1.807) is 6.07 Å². The molecule has 2 rings (SSSR count). The van der Waals surface area contributed by atoms with Crippen molar-refractivity contribution in [1.29, 1.82) is 5.26 Å². The normalized spacial score (nSPS) is 15.2. The largest absolute Gasteiger partial charge is 0.483 e. The number of rotatable bonds is 2. The van der Waals surface area contributed by atoms with Crippen molar-refractivity contribution in [3.63, 3.8) is 0 Å². The van der Waals surface area contributed by atoms with Crippen molar-refractivity contribution in [2.75, 3.05) is 5.32 Å². The Balaban J connectivity index is 2.19. The molecule has 0 atom stereocenters. The highest BCUT2D eigenvalue weighted by atomic mass is 16.5. The van der Waals surface area contributed by atoms with E-state index in [4.69, 9.17) is 10.00 Å². The maximum absolute atomic E-state index is 11.3. The lowest BCUT2D eigenvalue weighted by Gasteiger charge is -2.28. The van der Waals surface area contributed by atoms with Gasteiger partial charge in [0.15, 0.2) is 0 Å². The Morgan fingerprint density at radius 1 is 1.50 bits per heavy atom. The number of nitriles is 1. The van der Waals surface area contributed by atoms with Crippen LogP contribution in [0.25, 0.3) is 6.08 Å². The Hall–Kier alpha value is -2.28. The highest BCUT2D eigenvalue weighted by Gasteiger charge is 2.21. The van der Waals surface area contributed by atoms with Gasteiger partial charge in [-0.15, -0.1) is 0 Å². The van der Waals surface area contributed by atoms with Gasteiger partial charge in [-0.25, -0.2) is 0 Å². The highest BCUT2D eigenvalue weighted by Crippen LogP contribution is 2.32. The molecule has 0 saturated carbocycles. The quantitative estimate of drug-likeness (QED) is 0.867. The van der Waals surface area contributed by atoms with Crippen LogP contribution < -0.4 is 10.1 Å². The first-order valence-electron chi connectivity index (χ1n) is 5.69. The van der Waals surface area contributed by atoms with E-state index in [2.05, 4.69) is 5.32 Å². The third kappa shape index (κ3) is 2.69. The minimum Gasteiger partial charge on any atom is -0.483 e. The van der Waals surface area contributed by atoms with Crippen LogP contribution in [-0.2, 0) is 4.79 Å². The van der Waals surface area contributed by atoms with Crippen molar-refractivity contribution in [2.24, 2.45) is 0 Å². The minimum absolute atomic E-state index is 0.142. The van der Waals surface area contributed by atoms with Gasteiger partial charge in [0.25, 0.3) is 0 Å². The van der Waals surface area contributed by atoms with Crippen LogP contribution in [0.15, 0.2) is 24.3 Å². The Bertz CT molecular complexity index is 553. The molecule has 0 spiro atoms. The lowest BCUT2D eigenvalue weighted by atomic mass is 10.0. The molecule has 92 valence electrons. The van der Waals surface area contributed by atoms with Crippen molar-refractivity contribution >= 4 is 17.7 Å². The first-order valence-corrected chi connectivity index (χ1v) is 5.69. The Kier molecular flexibility index (Phi) is 3.07. The van der Waals surface area contributed by atoms with Crippen molar-refractivity contribution in [1.82, 2.24) is 0 Å². The summed E-state index contributed by atoms with van der Waals surface area (Å²) in [5.74, 6) is 0.485. The number of benzene rings is 1. The van der Waals surface area contributed by atoms with Crippen LogP contribution in [0.3, 0.4) is 0 Å². The van der Waals surface area contributed by atoms with E-state index in [0.29, 0.717) is 5.69 Å². The van der Waals surface area contributed by atoms with Gasteiger partial charge in [0, 0.05) is 11.3 Å². The van der Waals surface area contributed by atoms with Gasteiger partial charge in [-0.2, -0.15) is 5.26 Å². The van der Waals surface area contributed by atoms with Crippen LogP contribution in [-0.4, -0.2) is 11.5 Å². The van der Waals surface area contributed by atoms with E-state index < -0.39 is 0 Å². The smallest absolute Gasteiger partial charge is 0.238 e. The summed E-state index contributed by atoms with van der Waals surface area (Å²) < 4.78 is 5.77. The van der Waals surface area contributed by atoms with Crippen LogP contribution in [0.2, 0.25) is 0 Å². The zero-order valence-electron chi connectivity index (χ0n) is 10.4. The number of nitrogens with zero attached hydrogens (tertiary/aromatic N) is 1. The molecule has 18 heavy (non-hydrogen) atoms. The summed E-state index contributed by atoms with van der Waals surface area (Å²) >= 11 is 0. The SMILES string of the molecule is CC1(C)C=Cc2cc(NC(=O)CC#N)ccc2O1. The number of anilines is 1. The second kappa shape index (κ2) is 4.53. The number of ether oxygens (including phenoxy) is 1. The zero-order valence-corrected chi connectivity index (χ0v) is 10.4. The fraction of sp³-hybridized carbons (Fsp3) is 0.286. The molecular formula is C14H14N2O2. The van der Waals surface area contributed by atoms with Crippen molar-refractivity contribution in [2.45, 2.75) is 25.9 Å². The number of carbonyl (C=O) groups excluding carboxylic acids is 1. The van der Waals surface area contributed by atoms with E-state index >= 15 is 0 Å². The molecule has 1 aromatic carbocycles. The highest BCUT2D eigenvalue weighted by molar-refractivity contribution is 5.92. The second-order valence-electron chi connectivity index (χ2n) is 4.67. The summed E-state index contributed by atoms with van der Waals surface area (Å²) in [6.07, 6.45) is 3.80. The molecule has 4 nitrogen and oxygen atoms in total. The average molecular weight is 242 g/mol. The van der Waals surface area contributed by atoms with Gasteiger partial charge in [-0.3, -0.25) is 4.79 Å². The minimum atomic E-state index is -0.307. The Labute approximate surface area is 106 Å². The molecule has 4 heteroatoms. The van der Waals surface area contributed by atoms with Gasteiger partial charge in [0.1, 0.15) is 17.8 Å². The van der Waals surface area contributed by atoms with Crippen molar-refractivity contribution in [3.05, 3.63) is 29.8 Å². The van der Waals surface area contributed by atoms with Gasteiger partial charge in [-0.05, 0) is 38.1 Å². The fourth-order valence-corrected chi connectivity index (χ4v) is 1.73. The van der Waals surface area contributed by atoms with E-state index in [0.717, 1.165) is 11.3 Å². The van der Waals surface area contributed by atoms with Crippen LogP contribution in [0.4, 0.5) is 5.69 Å². The Morgan fingerprint density at radius 2 is 2.28 bits per heavy atom. The predicted octanol–water partition coefficient (Wildman–Crippen LogP) is 2.72. The first-order chi connectivity index (χ1) is 8.50. The molecule has 1 heterocycles. The topological polar surface area (TPSA) is 62.1 Å². The molecule has 0 unspecified atom stereocenters. The molecule has 1 aromatic rings. The van der Waals surface area contributed by atoms with E-state index in [9.17, 15) is 4.79 Å². The predicted molar refractivity (Wildman–Crippen MR) is 69.0 cm³/mol. The number of amides is 1. The number of carbonyl (C=O) groups is 1. The lowest BCUT2D eigenvalue weighted by molar-refractivity contribution is -0.115. The molecular weight excluding hydrogens is 228 g/mol. The van der Waals surface area contributed by atoms with Crippen LogP contribution in [0, 0.1) is 11.3 Å². The molecule has 0 saturated heterocycles. The Morgan fingerprint density at radius 3 is 3.00 bits per heavy atom. The number of hydrogen-bond acceptors (Lipinski definition) is 3. The van der Waals surface area contributed by atoms with Crippen LogP contribution in [0.1, 0.15) is 25.8 Å². The summed E-state index contributed by atoms with van der Waals surface area (Å²) in [7, 11) is 0. The maximum Gasteiger partial charge on any atom is 0.238 e. The molecule has 0 fully saturated rings. The van der Waals surface area contributed by atoms with Crippen molar-refractivity contribution < 1.29 is 9.53 Å². The van der Waals surface area contributed by atoms with E-state index in [1.165, 1.54) is 0 Å². The summed E-state index contributed by atoms with van der Waals surface area (Å²) in [5.41, 5.74) is 1.28. The molecule has 1 N–H and O–H groups in total. The third-order valence-electron chi connectivity index (χ3n) is 2.57. The molecule has 0 aromatic heterocycles. The monoisotopic (exact) mass is 242 g/mol. The number of nitrogens with one attached hydrogen (secondary N) is 1. The molecule has 0 radical (unpaired) electrons. The average Bonchev–Trinajstić information content (AvgIpc) is 2.29. The summed E-state index contributed by atoms with van der Waals surface area (Å²) in [4.78, 5) is 11.3. The fourth-order valence-electron chi connectivity index (χ4n) is 1.73. The lowest BCUT2D eigenvalue weighted by Crippen LogP contribution is -2.27. The molecule has 0 bridgehead atoms. The van der Waals surface area contributed by atoms with Crippen LogP contribution in [0.5, 0.6) is 5.75 Å². The molecule has 1 amide bonds. The molecule has 0 aliphatic carbocycles. The van der Waals surface area contributed by atoms with Gasteiger partial charge >= 0.3 is 0 Å². The summed E-state index contributed by atoms with van der Waals surface area (Å²) in [6, 6.07) is 7.23. The maximum atomic E-state index is 11.3. The van der Waals surface area contributed by atoms with Gasteiger partial charge in [-0.1, -0.05) is 6.08 Å². The number of fused-ring (bicyclic) bond motifs is 1. The standard InChI is InChI=1S/C14H14N2O2/c1-14(2)7-5-10-9-11(3-4-12(10)18-14)16-13(17)6-8-15/h3-5,7,9H,6H2,1-2H3,(H,16,17). The number of hydrogen-bond donors (Lipinski definition) is 1. The van der Waals surface area contributed by atoms with Crippen molar-refractivity contribution in [3.8, 4) is 11.8 Å². The second-order valence-corrected chi connectivity index (χ2v) is 4.67. The molecule has 1 aliphatic heterocycles. The molecule has 1 aliphatic rings. The van der Waals surface area contributed by atoms with E-state index in [1.807, 2.05) is 44.2 Å². The van der Waals surface area contributed by atoms with Crippen LogP contribution >= 0.6 is 0 Å². The van der Waals surface area contributed by atoms with Gasteiger partial charge in [0.2, 0.25) is 5.91 Å². The van der Waals surface area contributed by atoms with E-state index in [-0.39, 0.29) is 17.9 Å².